The van der Waals surface area contributed by atoms with Crippen LogP contribution in [0.1, 0.15) is 27.2 Å². The van der Waals surface area contributed by atoms with Gasteiger partial charge in [-0.05, 0) is 27.2 Å². The van der Waals surface area contributed by atoms with Gasteiger partial charge in [0.1, 0.15) is 0 Å². The third kappa shape index (κ3) is 2.33. The molecule has 1 rings (SSSR count). The summed E-state index contributed by atoms with van der Waals surface area (Å²) >= 11 is 0. The Morgan fingerprint density at radius 2 is 1.89 bits per heavy atom. The van der Waals surface area contributed by atoms with Gasteiger partial charge < -0.3 is 10.4 Å². The van der Waals surface area contributed by atoms with Gasteiger partial charge in [0.2, 0.25) is 0 Å². The Morgan fingerprint density at radius 1 is 1.44 bits per heavy atom. The highest BCUT2D eigenvalue weighted by atomic mass is 16.3. The molecule has 1 saturated carbocycles. The van der Waals surface area contributed by atoms with Gasteiger partial charge in [-0.25, -0.2) is 0 Å². The Bertz CT molecular complexity index is 106. The van der Waals surface area contributed by atoms with Crippen molar-refractivity contribution in [3.05, 3.63) is 0 Å². The second-order valence-corrected chi connectivity index (χ2v) is 3.80. The summed E-state index contributed by atoms with van der Waals surface area (Å²) in [5.41, 5.74) is 0.155. The van der Waals surface area contributed by atoms with Crippen molar-refractivity contribution in [2.75, 3.05) is 0 Å². The van der Waals surface area contributed by atoms with Crippen molar-refractivity contribution in [1.82, 2.24) is 5.32 Å². The van der Waals surface area contributed by atoms with E-state index in [0.29, 0.717) is 6.04 Å². The van der Waals surface area contributed by atoms with Crippen molar-refractivity contribution < 1.29 is 5.11 Å². The van der Waals surface area contributed by atoms with Crippen LogP contribution >= 0.6 is 0 Å². The molecule has 0 aliphatic heterocycles. The second-order valence-electron chi connectivity index (χ2n) is 3.80. The summed E-state index contributed by atoms with van der Waals surface area (Å²) in [6.07, 6.45) is 0.848. The summed E-state index contributed by atoms with van der Waals surface area (Å²) < 4.78 is 0. The number of aliphatic hydroxyl groups is 1. The van der Waals surface area contributed by atoms with Crippen LogP contribution in [0.4, 0.5) is 0 Å². The fourth-order valence-corrected chi connectivity index (χ4v) is 0.893. The molecule has 0 heterocycles. The molecule has 9 heavy (non-hydrogen) atoms. The minimum Gasteiger partial charge on any atom is -0.391 e. The predicted molar refractivity (Wildman–Crippen MR) is 37.3 cm³/mol. The molecule has 2 nitrogen and oxygen atoms in total. The molecular formula is C7H15NO. The fraction of sp³-hybridized carbons (Fsp3) is 1.00. The lowest BCUT2D eigenvalue weighted by Crippen LogP contribution is -2.38. The first-order valence-electron chi connectivity index (χ1n) is 3.45. The van der Waals surface area contributed by atoms with E-state index in [1.54, 1.807) is 0 Å². The highest BCUT2D eigenvalue weighted by Gasteiger charge is 2.37. The van der Waals surface area contributed by atoms with E-state index in [2.05, 4.69) is 26.1 Å². The Labute approximate surface area is 56.3 Å². The van der Waals surface area contributed by atoms with Crippen LogP contribution in [0.25, 0.3) is 0 Å². The average Bonchev–Trinajstić information content (AvgIpc) is 2.13. The Hall–Kier alpha value is -0.0800. The van der Waals surface area contributed by atoms with Gasteiger partial charge in [0.15, 0.2) is 0 Å². The van der Waals surface area contributed by atoms with Crippen LogP contribution < -0.4 is 5.32 Å². The Balaban J connectivity index is 2.19. The summed E-state index contributed by atoms with van der Waals surface area (Å²) in [6, 6.07) is 0.366. The number of nitrogens with one attached hydrogen (secondary N) is 1. The van der Waals surface area contributed by atoms with E-state index in [1.165, 1.54) is 0 Å². The third-order valence-electron chi connectivity index (χ3n) is 1.38. The van der Waals surface area contributed by atoms with E-state index in [0.717, 1.165) is 6.42 Å². The van der Waals surface area contributed by atoms with Crippen molar-refractivity contribution in [3.8, 4) is 0 Å². The van der Waals surface area contributed by atoms with E-state index in [4.69, 9.17) is 5.11 Å². The summed E-state index contributed by atoms with van der Waals surface area (Å²) in [4.78, 5) is 0. The number of rotatable bonds is 1. The average molecular weight is 129 g/mol. The molecule has 54 valence electrons. The summed E-state index contributed by atoms with van der Waals surface area (Å²) in [7, 11) is 0. The summed E-state index contributed by atoms with van der Waals surface area (Å²) in [5, 5.41) is 12.2. The molecule has 0 aromatic carbocycles. The Morgan fingerprint density at radius 3 is 2.00 bits per heavy atom. The molecule has 2 heteroatoms. The van der Waals surface area contributed by atoms with Crippen LogP contribution in [-0.2, 0) is 0 Å². The molecule has 2 N–H and O–H groups in total. The van der Waals surface area contributed by atoms with E-state index < -0.39 is 0 Å². The zero-order valence-corrected chi connectivity index (χ0v) is 6.31. The van der Waals surface area contributed by atoms with E-state index in [1.807, 2.05) is 0 Å². The third-order valence-corrected chi connectivity index (χ3v) is 1.38. The predicted octanol–water partition coefficient (Wildman–Crippen LogP) is 0.508. The van der Waals surface area contributed by atoms with Crippen LogP contribution in [0, 0.1) is 0 Å². The summed E-state index contributed by atoms with van der Waals surface area (Å²) in [5.74, 6) is 0. The lowest BCUT2D eigenvalue weighted by atomic mass is 10.1. The molecule has 0 amide bonds. The molecule has 2 atom stereocenters. The van der Waals surface area contributed by atoms with Gasteiger partial charge in [0.25, 0.3) is 0 Å². The van der Waals surface area contributed by atoms with Crippen LogP contribution in [0.15, 0.2) is 0 Å². The van der Waals surface area contributed by atoms with Gasteiger partial charge in [-0.2, -0.15) is 0 Å². The Kier molecular flexibility index (Phi) is 1.53. The van der Waals surface area contributed by atoms with Crippen molar-refractivity contribution in [2.24, 2.45) is 0 Å². The molecule has 0 bridgehead atoms. The molecule has 1 fully saturated rings. The lowest BCUT2D eigenvalue weighted by Gasteiger charge is -2.19. The quantitative estimate of drug-likeness (QED) is 0.540. The lowest BCUT2D eigenvalue weighted by molar-refractivity contribution is 0.252. The highest BCUT2D eigenvalue weighted by Crippen LogP contribution is 2.22. The number of hydrogen-bond acceptors (Lipinski definition) is 2. The smallest absolute Gasteiger partial charge is 0.0710 e. The molecular weight excluding hydrogens is 114 g/mol. The molecule has 0 aromatic rings. The van der Waals surface area contributed by atoms with Crippen molar-refractivity contribution in [2.45, 2.75) is 44.9 Å². The molecule has 1 aliphatic rings. The minimum atomic E-state index is -0.0794. The number of hydrogen-bond donors (Lipinski definition) is 2. The van der Waals surface area contributed by atoms with Crippen LogP contribution in [0.5, 0.6) is 0 Å². The maximum atomic E-state index is 8.93. The molecule has 0 saturated heterocycles. The van der Waals surface area contributed by atoms with E-state index in [9.17, 15) is 0 Å². The second kappa shape index (κ2) is 1.96. The van der Waals surface area contributed by atoms with Crippen molar-refractivity contribution in [1.29, 1.82) is 0 Å². The highest BCUT2D eigenvalue weighted by molar-refractivity contribution is 4.96. The molecule has 1 aliphatic carbocycles. The standard InChI is InChI=1S/C7H15NO/c1-7(2,3)8-5-4-6(5)9/h5-6,8-9H,4H2,1-3H3. The largest absolute Gasteiger partial charge is 0.391 e. The molecule has 2 unspecified atom stereocenters. The molecule has 0 spiro atoms. The van der Waals surface area contributed by atoms with Gasteiger partial charge in [0, 0.05) is 11.6 Å². The van der Waals surface area contributed by atoms with Gasteiger partial charge in [-0.1, -0.05) is 0 Å². The first-order chi connectivity index (χ1) is 3.99. The van der Waals surface area contributed by atoms with Crippen molar-refractivity contribution in [3.63, 3.8) is 0 Å². The SMILES string of the molecule is CC(C)(C)NC1CC1O. The van der Waals surface area contributed by atoms with Crippen LogP contribution in [0.2, 0.25) is 0 Å². The number of aliphatic hydroxyl groups excluding tert-OH is 1. The van der Waals surface area contributed by atoms with Gasteiger partial charge in [0.05, 0.1) is 6.10 Å². The fourth-order valence-electron chi connectivity index (χ4n) is 0.893. The van der Waals surface area contributed by atoms with E-state index >= 15 is 0 Å². The maximum Gasteiger partial charge on any atom is 0.0710 e. The molecule has 0 aromatic heterocycles. The zero-order chi connectivity index (χ0) is 7.07. The van der Waals surface area contributed by atoms with Crippen molar-refractivity contribution >= 4 is 0 Å². The normalized spacial score (nSPS) is 34.7. The van der Waals surface area contributed by atoms with Crippen LogP contribution in [-0.4, -0.2) is 22.8 Å². The first-order valence-corrected chi connectivity index (χ1v) is 3.45. The molecule has 0 radical (unpaired) electrons. The maximum absolute atomic E-state index is 8.93. The summed E-state index contributed by atoms with van der Waals surface area (Å²) in [6.45, 7) is 6.33. The van der Waals surface area contributed by atoms with E-state index in [-0.39, 0.29) is 11.6 Å². The minimum absolute atomic E-state index is 0.0794. The topological polar surface area (TPSA) is 32.3 Å². The van der Waals surface area contributed by atoms with Gasteiger partial charge in [-0.3, -0.25) is 0 Å². The first kappa shape index (κ1) is 7.03. The monoisotopic (exact) mass is 129 g/mol. The van der Waals surface area contributed by atoms with Gasteiger partial charge in [-0.15, -0.1) is 0 Å². The van der Waals surface area contributed by atoms with Gasteiger partial charge >= 0.3 is 0 Å². The van der Waals surface area contributed by atoms with Crippen LogP contribution in [0.3, 0.4) is 0 Å². The zero-order valence-electron chi connectivity index (χ0n) is 6.31.